The minimum atomic E-state index is -1.90. The van der Waals surface area contributed by atoms with Gasteiger partial charge in [0.1, 0.15) is 11.5 Å². The summed E-state index contributed by atoms with van der Waals surface area (Å²) < 4.78 is 17.3. The summed E-state index contributed by atoms with van der Waals surface area (Å²) in [4.78, 5) is 12.8. The van der Waals surface area contributed by atoms with Gasteiger partial charge in [-0.15, -0.1) is 0 Å². The molecule has 1 unspecified atom stereocenters. The highest BCUT2D eigenvalue weighted by Crippen LogP contribution is 2.32. The van der Waals surface area contributed by atoms with Crippen molar-refractivity contribution in [2.75, 3.05) is 19.8 Å². The maximum atomic E-state index is 12.8. The third-order valence-corrected chi connectivity index (χ3v) is 5.72. The van der Waals surface area contributed by atoms with Crippen molar-refractivity contribution in [2.24, 2.45) is 0 Å². The molecule has 0 aliphatic heterocycles. The van der Waals surface area contributed by atoms with Gasteiger partial charge < -0.3 is 18.7 Å². The minimum Gasteiger partial charge on any atom is -0.465 e. The van der Waals surface area contributed by atoms with E-state index >= 15 is 0 Å². The molecular formula is C19H34O5Si2. The summed E-state index contributed by atoms with van der Waals surface area (Å²) in [5, 5.41) is 11.5. The first-order chi connectivity index (χ1) is 11.9. The number of carbonyl (C=O) groups is 1. The Labute approximate surface area is 159 Å². The Bertz CT molecular complexity index is 546. The first-order valence-corrected chi connectivity index (χ1v) is 15.9. The number of rotatable bonds is 10. The van der Waals surface area contributed by atoms with Crippen LogP contribution in [0.2, 0.25) is 39.3 Å². The molecule has 0 bridgehead atoms. The zero-order valence-electron chi connectivity index (χ0n) is 17.2. The Morgan fingerprint density at radius 1 is 1.00 bits per heavy atom. The van der Waals surface area contributed by atoms with E-state index in [0.29, 0.717) is 5.56 Å². The molecule has 1 aromatic carbocycles. The molecule has 0 aliphatic rings. The van der Waals surface area contributed by atoms with Gasteiger partial charge in [-0.25, -0.2) is 0 Å². The lowest BCUT2D eigenvalue weighted by Crippen LogP contribution is -2.52. The SMILES string of the molecule is CCOC(=O)C(c1ccccc1)C(O)(CO[Si](C)(C)C)CO[Si](C)(C)C. The van der Waals surface area contributed by atoms with E-state index < -0.39 is 34.1 Å². The smallest absolute Gasteiger partial charge is 0.316 e. The zero-order chi connectivity index (χ0) is 20.0. The second kappa shape index (κ2) is 9.28. The molecule has 1 rings (SSSR count). The largest absolute Gasteiger partial charge is 0.465 e. The first kappa shape index (κ1) is 23.0. The summed E-state index contributed by atoms with van der Waals surface area (Å²) in [6.45, 7) is 14.4. The number of carbonyl (C=O) groups excluding carboxylic acids is 1. The van der Waals surface area contributed by atoms with E-state index in [1.54, 1.807) is 6.92 Å². The van der Waals surface area contributed by atoms with Gasteiger partial charge in [0.25, 0.3) is 0 Å². The van der Waals surface area contributed by atoms with Crippen LogP contribution in [-0.4, -0.2) is 53.1 Å². The number of esters is 1. The van der Waals surface area contributed by atoms with Gasteiger partial charge in [0.2, 0.25) is 0 Å². The molecule has 148 valence electrons. The average molecular weight is 399 g/mol. The first-order valence-electron chi connectivity index (χ1n) is 9.10. The van der Waals surface area contributed by atoms with E-state index in [1.165, 1.54) is 0 Å². The Morgan fingerprint density at radius 3 is 1.85 bits per heavy atom. The van der Waals surface area contributed by atoms with Crippen LogP contribution in [0.15, 0.2) is 30.3 Å². The minimum absolute atomic E-state index is 0.0333. The van der Waals surface area contributed by atoms with E-state index in [2.05, 4.69) is 39.3 Å². The third-order valence-electron chi connectivity index (χ3n) is 3.70. The lowest BCUT2D eigenvalue weighted by molar-refractivity contribution is -0.156. The molecule has 26 heavy (non-hydrogen) atoms. The van der Waals surface area contributed by atoms with E-state index in [4.69, 9.17) is 13.6 Å². The molecule has 0 saturated heterocycles. The molecule has 0 radical (unpaired) electrons. The van der Waals surface area contributed by atoms with Gasteiger partial charge >= 0.3 is 5.97 Å². The third kappa shape index (κ3) is 7.71. The fraction of sp³-hybridized carbons (Fsp3) is 0.632. The van der Waals surface area contributed by atoms with Crippen LogP contribution in [0, 0.1) is 0 Å². The van der Waals surface area contributed by atoms with Crippen molar-refractivity contribution < 1.29 is 23.5 Å². The van der Waals surface area contributed by atoms with E-state index in [0.717, 1.165) is 0 Å². The molecule has 0 amide bonds. The van der Waals surface area contributed by atoms with E-state index in [-0.39, 0.29) is 19.8 Å². The topological polar surface area (TPSA) is 65.0 Å². The van der Waals surface area contributed by atoms with Crippen molar-refractivity contribution in [3.8, 4) is 0 Å². The van der Waals surface area contributed by atoms with Crippen LogP contribution in [0.25, 0.3) is 0 Å². The van der Waals surface area contributed by atoms with Gasteiger partial charge in [0.15, 0.2) is 16.6 Å². The maximum absolute atomic E-state index is 12.8. The van der Waals surface area contributed by atoms with Crippen LogP contribution in [0.3, 0.4) is 0 Å². The molecule has 1 atom stereocenters. The van der Waals surface area contributed by atoms with Crippen molar-refractivity contribution in [2.45, 2.75) is 57.7 Å². The Kier molecular flexibility index (Phi) is 8.22. The van der Waals surface area contributed by atoms with Gasteiger partial charge in [-0.3, -0.25) is 4.79 Å². The molecule has 1 aromatic rings. The molecule has 1 N–H and O–H groups in total. The Balaban J connectivity index is 3.27. The summed E-state index contributed by atoms with van der Waals surface area (Å²) >= 11 is 0. The lowest BCUT2D eigenvalue weighted by atomic mass is 9.83. The zero-order valence-corrected chi connectivity index (χ0v) is 19.2. The summed E-state index contributed by atoms with van der Waals surface area (Å²) in [5.74, 6) is -1.32. The van der Waals surface area contributed by atoms with Crippen molar-refractivity contribution in [3.05, 3.63) is 35.9 Å². The molecule has 0 fully saturated rings. The number of ether oxygens (including phenoxy) is 1. The van der Waals surface area contributed by atoms with Crippen LogP contribution in [0.1, 0.15) is 18.4 Å². The second-order valence-corrected chi connectivity index (χ2v) is 17.5. The maximum Gasteiger partial charge on any atom is 0.316 e. The quantitative estimate of drug-likeness (QED) is 0.480. The van der Waals surface area contributed by atoms with Crippen molar-refractivity contribution in [3.63, 3.8) is 0 Å². The predicted octanol–water partition coefficient (Wildman–Crippen LogP) is 3.77. The molecule has 0 aliphatic carbocycles. The van der Waals surface area contributed by atoms with Gasteiger partial charge in [0, 0.05) is 0 Å². The predicted molar refractivity (Wildman–Crippen MR) is 109 cm³/mol. The summed E-state index contributed by atoms with van der Waals surface area (Å²) in [6.07, 6.45) is 0. The van der Waals surface area contributed by atoms with Crippen molar-refractivity contribution >= 4 is 22.6 Å². The number of benzene rings is 1. The lowest BCUT2D eigenvalue weighted by Gasteiger charge is -2.38. The van der Waals surface area contributed by atoms with E-state index in [1.807, 2.05) is 30.3 Å². The molecular weight excluding hydrogens is 364 g/mol. The highest BCUT2D eigenvalue weighted by Gasteiger charge is 2.45. The molecule has 0 heterocycles. The molecule has 5 nitrogen and oxygen atoms in total. The highest BCUT2D eigenvalue weighted by molar-refractivity contribution is 6.70. The Morgan fingerprint density at radius 2 is 1.46 bits per heavy atom. The van der Waals surface area contributed by atoms with Crippen LogP contribution in [-0.2, 0) is 18.4 Å². The van der Waals surface area contributed by atoms with Gasteiger partial charge in [-0.05, 0) is 51.8 Å². The number of hydrogen-bond acceptors (Lipinski definition) is 5. The number of aliphatic hydroxyl groups is 1. The molecule has 7 heteroatoms. The Hall–Kier alpha value is -0.996. The fourth-order valence-corrected chi connectivity index (χ4v) is 3.79. The summed E-state index contributed by atoms with van der Waals surface area (Å²) in [5.41, 5.74) is -0.791. The molecule has 0 spiro atoms. The highest BCUT2D eigenvalue weighted by atomic mass is 28.4. The average Bonchev–Trinajstić information content (AvgIpc) is 2.51. The van der Waals surface area contributed by atoms with E-state index in [9.17, 15) is 9.90 Å². The van der Waals surface area contributed by atoms with Gasteiger partial charge in [-0.2, -0.15) is 0 Å². The van der Waals surface area contributed by atoms with Crippen LogP contribution < -0.4 is 0 Å². The molecule has 0 saturated carbocycles. The normalized spacial score (nSPS) is 14.2. The van der Waals surface area contributed by atoms with Gasteiger partial charge in [-0.1, -0.05) is 30.3 Å². The molecule has 0 aromatic heterocycles. The number of hydrogen-bond donors (Lipinski definition) is 1. The fourth-order valence-electron chi connectivity index (χ4n) is 2.43. The summed E-state index contributed by atoms with van der Waals surface area (Å²) in [7, 11) is -3.80. The summed E-state index contributed by atoms with van der Waals surface area (Å²) in [6, 6.07) is 9.23. The van der Waals surface area contributed by atoms with Crippen LogP contribution in [0.5, 0.6) is 0 Å². The van der Waals surface area contributed by atoms with Crippen LogP contribution >= 0.6 is 0 Å². The van der Waals surface area contributed by atoms with Crippen molar-refractivity contribution in [1.29, 1.82) is 0 Å². The van der Waals surface area contributed by atoms with Gasteiger partial charge in [0.05, 0.1) is 19.8 Å². The van der Waals surface area contributed by atoms with Crippen LogP contribution in [0.4, 0.5) is 0 Å². The standard InChI is InChI=1S/C19H34O5Si2/c1-8-22-18(20)17(16-12-10-9-11-13-16)19(21,14-23-25(2,3)4)15-24-26(5,6)7/h9-13,17,21H,8,14-15H2,1-7H3. The van der Waals surface area contributed by atoms with Crippen molar-refractivity contribution in [1.82, 2.24) is 0 Å². The monoisotopic (exact) mass is 398 g/mol. The second-order valence-electron chi connectivity index (χ2n) is 8.50.